The van der Waals surface area contributed by atoms with Crippen molar-refractivity contribution in [2.45, 2.75) is 13.0 Å². The Labute approximate surface area is 156 Å². The highest BCUT2D eigenvalue weighted by Gasteiger charge is 2.28. The van der Waals surface area contributed by atoms with E-state index in [4.69, 9.17) is 9.26 Å². The molecule has 0 saturated carbocycles. The van der Waals surface area contributed by atoms with E-state index in [-0.39, 0.29) is 5.91 Å². The minimum Gasteiger partial charge on any atom is -0.465 e. The average molecular weight is 362 g/mol. The summed E-state index contributed by atoms with van der Waals surface area (Å²) in [4.78, 5) is 26.4. The van der Waals surface area contributed by atoms with Crippen LogP contribution in [0, 0.1) is 0 Å². The molecule has 0 N–H and O–H groups in total. The molecule has 27 heavy (non-hydrogen) atoms. The molecule has 1 amide bonds. The van der Waals surface area contributed by atoms with Crippen molar-refractivity contribution in [2.75, 3.05) is 13.7 Å². The fourth-order valence-corrected chi connectivity index (χ4v) is 3.28. The van der Waals surface area contributed by atoms with Crippen molar-refractivity contribution in [3.63, 3.8) is 0 Å². The number of methoxy groups -OCH3 is 1. The summed E-state index contributed by atoms with van der Waals surface area (Å²) in [6, 6.07) is 16.4. The van der Waals surface area contributed by atoms with Crippen LogP contribution in [0.25, 0.3) is 11.3 Å². The third-order valence-corrected chi connectivity index (χ3v) is 4.69. The van der Waals surface area contributed by atoms with Crippen molar-refractivity contribution in [1.29, 1.82) is 0 Å². The van der Waals surface area contributed by atoms with Crippen LogP contribution >= 0.6 is 0 Å². The van der Waals surface area contributed by atoms with E-state index in [1.54, 1.807) is 29.2 Å². The standard InChI is InChI=1S/C21H18N2O4/c1-26-21(25)16-9-5-8-15(12-16)20(24)23-11-10-18-17(13-23)19(22-27-18)14-6-3-2-4-7-14/h2-9,12H,10-11,13H2,1H3. The normalized spacial score (nSPS) is 13.1. The predicted octanol–water partition coefficient (Wildman–Crippen LogP) is 3.33. The molecular formula is C21H18N2O4. The van der Waals surface area contributed by atoms with Gasteiger partial charge in [-0.1, -0.05) is 41.6 Å². The van der Waals surface area contributed by atoms with Crippen LogP contribution in [0.2, 0.25) is 0 Å². The summed E-state index contributed by atoms with van der Waals surface area (Å²) in [7, 11) is 1.32. The van der Waals surface area contributed by atoms with Gasteiger partial charge < -0.3 is 14.2 Å². The fraction of sp³-hybridized carbons (Fsp3) is 0.190. The Balaban J connectivity index is 1.61. The maximum absolute atomic E-state index is 13.0. The number of aromatic nitrogens is 1. The maximum Gasteiger partial charge on any atom is 0.337 e. The zero-order chi connectivity index (χ0) is 18.8. The van der Waals surface area contributed by atoms with Gasteiger partial charge in [-0.2, -0.15) is 0 Å². The van der Waals surface area contributed by atoms with Gasteiger partial charge in [-0.3, -0.25) is 4.79 Å². The van der Waals surface area contributed by atoms with Crippen molar-refractivity contribution in [1.82, 2.24) is 10.1 Å². The molecule has 1 aromatic heterocycles. The molecule has 0 atom stereocenters. The van der Waals surface area contributed by atoms with E-state index in [9.17, 15) is 9.59 Å². The second-order valence-corrected chi connectivity index (χ2v) is 6.35. The molecule has 2 heterocycles. The van der Waals surface area contributed by atoms with Crippen molar-refractivity contribution >= 4 is 11.9 Å². The molecule has 6 heteroatoms. The average Bonchev–Trinajstić information content (AvgIpc) is 3.16. The molecule has 0 saturated heterocycles. The summed E-state index contributed by atoms with van der Waals surface area (Å²) in [5.74, 6) is 0.226. The van der Waals surface area contributed by atoms with Crippen LogP contribution in [0.4, 0.5) is 0 Å². The van der Waals surface area contributed by atoms with E-state index in [0.717, 1.165) is 22.6 Å². The lowest BCUT2D eigenvalue weighted by Crippen LogP contribution is -2.35. The highest BCUT2D eigenvalue weighted by molar-refractivity contribution is 5.98. The molecule has 4 rings (SSSR count). The maximum atomic E-state index is 13.0. The molecule has 2 aromatic carbocycles. The molecule has 0 aliphatic carbocycles. The van der Waals surface area contributed by atoms with E-state index < -0.39 is 5.97 Å². The Morgan fingerprint density at radius 1 is 1.07 bits per heavy atom. The first kappa shape index (κ1) is 17.0. The topological polar surface area (TPSA) is 72.6 Å². The second kappa shape index (κ2) is 7.07. The molecule has 0 bridgehead atoms. The van der Waals surface area contributed by atoms with Gasteiger partial charge in [-0.05, 0) is 18.2 Å². The Morgan fingerprint density at radius 2 is 1.85 bits per heavy atom. The fourth-order valence-electron chi connectivity index (χ4n) is 3.28. The third kappa shape index (κ3) is 3.21. The van der Waals surface area contributed by atoms with Crippen LogP contribution in [0.1, 0.15) is 32.0 Å². The number of esters is 1. The molecule has 1 aliphatic heterocycles. The molecular weight excluding hydrogens is 344 g/mol. The van der Waals surface area contributed by atoms with Gasteiger partial charge >= 0.3 is 5.97 Å². The van der Waals surface area contributed by atoms with Crippen LogP contribution in [-0.2, 0) is 17.7 Å². The molecule has 0 radical (unpaired) electrons. The minimum absolute atomic E-state index is 0.133. The van der Waals surface area contributed by atoms with Crippen LogP contribution in [0.3, 0.4) is 0 Å². The molecule has 6 nitrogen and oxygen atoms in total. The van der Waals surface area contributed by atoms with Crippen molar-refractivity contribution in [2.24, 2.45) is 0 Å². The van der Waals surface area contributed by atoms with Crippen LogP contribution < -0.4 is 0 Å². The number of carbonyl (C=O) groups excluding carboxylic acids is 2. The number of amides is 1. The van der Waals surface area contributed by atoms with Gasteiger partial charge in [0, 0.05) is 29.7 Å². The highest BCUT2D eigenvalue weighted by atomic mass is 16.5. The predicted molar refractivity (Wildman–Crippen MR) is 98.2 cm³/mol. The van der Waals surface area contributed by atoms with Gasteiger partial charge in [-0.25, -0.2) is 4.79 Å². The smallest absolute Gasteiger partial charge is 0.337 e. The number of carbonyl (C=O) groups is 2. The Hall–Kier alpha value is -3.41. The van der Waals surface area contributed by atoms with E-state index in [1.165, 1.54) is 7.11 Å². The molecule has 0 unspecified atom stereocenters. The summed E-state index contributed by atoms with van der Waals surface area (Å²) >= 11 is 0. The number of hydrogen-bond donors (Lipinski definition) is 0. The molecule has 136 valence electrons. The Morgan fingerprint density at radius 3 is 2.63 bits per heavy atom. The van der Waals surface area contributed by atoms with Crippen LogP contribution in [0.5, 0.6) is 0 Å². The molecule has 0 fully saturated rings. The third-order valence-electron chi connectivity index (χ3n) is 4.69. The van der Waals surface area contributed by atoms with Crippen LogP contribution in [0.15, 0.2) is 59.1 Å². The Kier molecular flexibility index (Phi) is 4.46. The molecule has 0 spiro atoms. The summed E-state index contributed by atoms with van der Waals surface area (Å²) in [6.07, 6.45) is 0.609. The number of fused-ring (bicyclic) bond motifs is 1. The van der Waals surface area contributed by atoms with Gasteiger partial charge in [-0.15, -0.1) is 0 Å². The summed E-state index contributed by atoms with van der Waals surface area (Å²) < 4.78 is 10.2. The summed E-state index contributed by atoms with van der Waals surface area (Å²) in [6.45, 7) is 0.960. The second-order valence-electron chi connectivity index (χ2n) is 6.35. The van der Waals surface area contributed by atoms with Gasteiger partial charge in [0.2, 0.25) is 0 Å². The Bertz CT molecular complexity index is 994. The number of nitrogens with zero attached hydrogens (tertiary/aromatic N) is 2. The van der Waals surface area contributed by atoms with Crippen molar-refractivity contribution < 1.29 is 18.8 Å². The van der Waals surface area contributed by atoms with Gasteiger partial charge in [0.25, 0.3) is 5.91 Å². The van der Waals surface area contributed by atoms with Crippen molar-refractivity contribution in [3.05, 3.63) is 77.0 Å². The van der Waals surface area contributed by atoms with E-state index >= 15 is 0 Å². The summed E-state index contributed by atoms with van der Waals surface area (Å²) in [5.41, 5.74) is 3.48. The quantitative estimate of drug-likeness (QED) is 0.668. The molecule has 1 aliphatic rings. The number of benzene rings is 2. The van der Waals surface area contributed by atoms with Crippen molar-refractivity contribution in [3.8, 4) is 11.3 Å². The van der Waals surface area contributed by atoms with Gasteiger partial charge in [0.1, 0.15) is 11.5 Å². The highest BCUT2D eigenvalue weighted by Crippen LogP contribution is 2.30. The van der Waals surface area contributed by atoms with E-state index in [0.29, 0.717) is 30.6 Å². The number of rotatable bonds is 3. The van der Waals surface area contributed by atoms with Crippen LogP contribution in [-0.4, -0.2) is 35.6 Å². The van der Waals surface area contributed by atoms with Gasteiger partial charge in [0.15, 0.2) is 0 Å². The SMILES string of the molecule is COC(=O)c1cccc(C(=O)N2CCc3onc(-c4ccccc4)c3C2)c1. The molecule has 3 aromatic rings. The van der Waals surface area contributed by atoms with E-state index in [2.05, 4.69) is 5.16 Å². The van der Waals surface area contributed by atoms with E-state index in [1.807, 2.05) is 30.3 Å². The summed E-state index contributed by atoms with van der Waals surface area (Å²) in [5, 5.41) is 4.21. The lowest BCUT2D eigenvalue weighted by Gasteiger charge is -2.26. The first-order valence-corrected chi connectivity index (χ1v) is 8.68. The minimum atomic E-state index is -0.462. The largest absolute Gasteiger partial charge is 0.465 e. The van der Waals surface area contributed by atoms with Gasteiger partial charge in [0.05, 0.1) is 19.2 Å². The lowest BCUT2D eigenvalue weighted by atomic mass is 10.0. The first-order chi connectivity index (χ1) is 13.2. The zero-order valence-corrected chi connectivity index (χ0v) is 14.8. The monoisotopic (exact) mass is 362 g/mol. The number of hydrogen-bond acceptors (Lipinski definition) is 5. The first-order valence-electron chi connectivity index (χ1n) is 8.68. The number of ether oxygens (including phenoxy) is 1. The lowest BCUT2D eigenvalue weighted by molar-refractivity contribution is 0.0600. The zero-order valence-electron chi connectivity index (χ0n) is 14.8.